The monoisotopic (exact) mass is 236 g/mol. The second-order valence-electron chi connectivity index (χ2n) is 4.54. The van der Waals surface area contributed by atoms with Crippen LogP contribution in [0.4, 0.5) is 4.39 Å². The third-order valence-electron chi connectivity index (χ3n) is 3.33. The van der Waals surface area contributed by atoms with E-state index in [1.165, 1.54) is 12.1 Å². The van der Waals surface area contributed by atoms with Gasteiger partial charge in [0, 0.05) is 19.6 Å². The van der Waals surface area contributed by atoms with Crippen molar-refractivity contribution in [3.05, 3.63) is 35.6 Å². The third kappa shape index (κ3) is 2.47. The lowest BCUT2D eigenvalue weighted by molar-refractivity contribution is 0.0714. The van der Waals surface area contributed by atoms with Crippen molar-refractivity contribution in [1.82, 2.24) is 4.90 Å². The van der Waals surface area contributed by atoms with Gasteiger partial charge in [0.05, 0.1) is 5.56 Å². The molecule has 0 aliphatic heterocycles. The fraction of sp³-hybridized carbons (Fsp3) is 0.462. The number of carbonyl (C=O) groups is 1. The fourth-order valence-corrected chi connectivity index (χ4v) is 2.12. The lowest BCUT2D eigenvalue weighted by Gasteiger charge is -2.27. The number of nitrogens with zero attached hydrogens (tertiary/aromatic N) is 1. The molecular weight excluding hydrogens is 219 g/mol. The van der Waals surface area contributed by atoms with E-state index in [9.17, 15) is 9.18 Å². The molecule has 1 unspecified atom stereocenters. The van der Waals surface area contributed by atoms with Crippen molar-refractivity contribution in [2.45, 2.75) is 18.9 Å². The van der Waals surface area contributed by atoms with Crippen LogP contribution in [0.25, 0.3) is 0 Å². The number of rotatable bonds is 4. The molecule has 1 saturated carbocycles. The predicted octanol–water partition coefficient (Wildman–Crippen LogP) is 1.64. The van der Waals surface area contributed by atoms with Crippen molar-refractivity contribution in [2.75, 3.05) is 13.6 Å². The molecule has 0 heterocycles. The van der Waals surface area contributed by atoms with Crippen molar-refractivity contribution in [1.29, 1.82) is 0 Å². The predicted molar refractivity (Wildman–Crippen MR) is 64.1 cm³/mol. The maximum absolute atomic E-state index is 13.5. The molecule has 1 fully saturated rings. The highest BCUT2D eigenvalue weighted by Gasteiger charge is 2.35. The van der Waals surface area contributed by atoms with Gasteiger partial charge in [-0.15, -0.1) is 0 Å². The van der Waals surface area contributed by atoms with Crippen LogP contribution in [-0.2, 0) is 0 Å². The molecule has 0 radical (unpaired) electrons. The second kappa shape index (κ2) is 4.84. The molecule has 17 heavy (non-hydrogen) atoms. The summed E-state index contributed by atoms with van der Waals surface area (Å²) < 4.78 is 13.5. The Kier molecular flexibility index (Phi) is 3.43. The van der Waals surface area contributed by atoms with Crippen LogP contribution in [0.1, 0.15) is 23.2 Å². The number of likely N-dealkylation sites (N-methyl/N-ethyl adjacent to an activating group) is 1. The molecule has 1 atom stereocenters. The molecule has 92 valence electrons. The molecule has 2 rings (SSSR count). The van der Waals surface area contributed by atoms with E-state index in [0.29, 0.717) is 12.5 Å². The van der Waals surface area contributed by atoms with Crippen LogP contribution in [0, 0.1) is 11.7 Å². The molecule has 3 nitrogen and oxygen atoms in total. The van der Waals surface area contributed by atoms with Crippen LogP contribution in [0.5, 0.6) is 0 Å². The van der Waals surface area contributed by atoms with Gasteiger partial charge in [0.25, 0.3) is 5.91 Å². The van der Waals surface area contributed by atoms with Gasteiger partial charge >= 0.3 is 0 Å². The zero-order valence-electron chi connectivity index (χ0n) is 9.90. The lowest BCUT2D eigenvalue weighted by Crippen LogP contribution is -2.43. The summed E-state index contributed by atoms with van der Waals surface area (Å²) in [6.45, 7) is 0.432. The molecule has 0 spiro atoms. The summed E-state index contributed by atoms with van der Waals surface area (Å²) in [7, 11) is 1.70. The van der Waals surface area contributed by atoms with Crippen LogP contribution in [0.3, 0.4) is 0 Å². The Morgan fingerprint density at radius 1 is 1.53 bits per heavy atom. The van der Waals surface area contributed by atoms with Crippen molar-refractivity contribution >= 4 is 5.91 Å². The summed E-state index contributed by atoms with van der Waals surface area (Å²) >= 11 is 0. The number of hydrogen-bond donors (Lipinski definition) is 1. The molecule has 1 aliphatic rings. The van der Waals surface area contributed by atoms with Gasteiger partial charge < -0.3 is 10.6 Å². The molecule has 0 aromatic heterocycles. The molecule has 0 bridgehead atoms. The lowest BCUT2D eigenvalue weighted by atomic mass is 10.1. The standard InChI is InChI=1S/C13H17FN2O/c1-16(12(8-15)9-6-7-9)13(17)10-4-2-3-5-11(10)14/h2-5,9,12H,6-8,15H2,1H3. The van der Waals surface area contributed by atoms with Gasteiger partial charge in [-0.05, 0) is 30.9 Å². The van der Waals surface area contributed by atoms with E-state index in [1.54, 1.807) is 24.1 Å². The minimum Gasteiger partial charge on any atom is -0.337 e. The highest BCUT2D eigenvalue weighted by atomic mass is 19.1. The summed E-state index contributed by atoms with van der Waals surface area (Å²) in [6.07, 6.45) is 2.22. The van der Waals surface area contributed by atoms with E-state index in [0.717, 1.165) is 12.8 Å². The summed E-state index contributed by atoms with van der Waals surface area (Å²) in [5.74, 6) is -0.276. The van der Waals surface area contributed by atoms with E-state index < -0.39 is 5.82 Å². The Morgan fingerprint density at radius 3 is 2.71 bits per heavy atom. The van der Waals surface area contributed by atoms with Gasteiger partial charge in [0.2, 0.25) is 0 Å². The van der Waals surface area contributed by atoms with Crippen LogP contribution in [-0.4, -0.2) is 30.4 Å². The number of carbonyl (C=O) groups excluding carboxylic acids is 1. The Balaban J connectivity index is 2.16. The first-order valence-corrected chi connectivity index (χ1v) is 5.87. The summed E-state index contributed by atoms with van der Waals surface area (Å²) in [6, 6.07) is 6.08. The van der Waals surface area contributed by atoms with Gasteiger partial charge in [-0.25, -0.2) is 4.39 Å². The quantitative estimate of drug-likeness (QED) is 0.863. The fourth-order valence-electron chi connectivity index (χ4n) is 2.12. The third-order valence-corrected chi connectivity index (χ3v) is 3.33. The number of benzene rings is 1. The van der Waals surface area contributed by atoms with E-state index in [-0.39, 0.29) is 17.5 Å². The maximum Gasteiger partial charge on any atom is 0.256 e. The average Bonchev–Trinajstić information content (AvgIpc) is 3.14. The normalized spacial score (nSPS) is 16.6. The van der Waals surface area contributed by atoms with Gasteiger partial charge in [-0.3, -0.25) is 4.79 Å². The van der Waals surface area contributed by atoms with Gasteiger partial charge in [-0.2, -0.15) is 0 Å². The number of halogens is 1. The SMILES string of the molecule is CN(C(=O)c1ccccc1F)C(CN)C1CC1. The molecule has 1 amide bonds. The Morgan fingerprint density at radius 2 is 2.18 bits per heavy atom. The molecule has 1 aromatic rings. The van der Waals surface area contributed by atoms with Gasteiger partial charge in [-0.1, -0.05) is 12.1 Å². The van der Waals surface area contributed by atoms with Crippen LogP contribution in [0.2, 0.25) is 0 Å². The van der Waals surface area contributed by atoms with Crippen LogP contribution in [0.15, 0.2) is 24.3 Å². The van der Waals surface area contributed by atoms with Crippen molar-refractivity contribution in [2.24, 2.45) is 11.7 Å². The number of nitrogens with two attached hydrogens (primary N) is 1. The zero-order valence-corrected chi connectivity index (χ0v) is 9.90. The van der Waals surface area contributed by atoms with E-state index in [4.69, 9.17) is 5.73 Å². The maximum atomic E-state index is 13.5. The van der Waals surface area contributed by atoms with Crippen molar-refractivity contribution in [3.63, 3.8) is 0 Å². The minimum absolute atomic E-state index is 0.0297. The Bertz CT molecular complexity index is 418. The average molecular weight is 236 g/mol. The first-order valence-electron chi connectivity index (χ1n) is 5.87. The van der Waals surface area contributed by atoms with E-state index in [2.05, 4.69) is 0 Å². The molecule has 1 aromatic carbocycles. The first-order chi connectivity index (χ1) is 8.15. The first kappa shape index (κ1) is 12.0. The van der Waals surface area contributed by atoms with E-state index in [1.807, 2.05) is 0 Å². The molecule has 1 aliphatic carbocycles. The summed E-state index contributed by atoms with van der Waals surface area (Å²) in [5, 5.41) is 0. The highest BCUT2D eigenvalue weighted by molar-refractivity contribution is 5.94. The highest BCUT2D eigenvalue weighted by Crippen LogP contribution is 2.35. The number of amides is 1. The van der Waals surface area contributed by atoms with Crippen molar-refractivity contribution in [3.8, 4) is 0 Å². The summed E-state index contributed by atoms with van der Waals surface area (Å²) in [4.78, 5) is 13.7. The second-order valence-corrected chi connectivity index (χ2v) is 4.54. The van der Waals surface area contributed by atoms with Crippen LogP contribution < -0.4 is 5.73 Å². The van der Waals surface area contributed by atoms with Gasteiger partial charge in [0.1, 0.15) is 5.82 Å². The molecule has 4 heteroatoms. The molecule has 2 N–H and O–H groups in total. The van der Waals surface area contributed by atoms with Gasteiger partial charge in [0.15, 0.2) is 0 Å². The van der Waals surface area contributed by atoms with E-state index >= 15 is 0 Å². The topological polar surface area (TPSA) is 46.3 Å². The largest absolute Gasteiger partial charge is 0.337 e. The Labute approximate surface area is 100 Å². The molecule has 0 saturated heterocycles. The van der Waals surface area contributed by atoms with Crippen LogP contribution >= 0.6 is 0 Å². The minimum atomic E-state index is -0.476. The van der Waals surface area contributed by atoms with Crippen molar-refractivity contribution < 1.29 is 9.18 Å². The zero-order chi connectivity index (χ0) is 12.4. The number of hydrogen-bond acceptors (Lipinski definition) is 2. The molecular formula is C13H17FN2O. The Hall–Kier alpha value is -1.42. The smallest absolute Gasteiger partial charge is 0.256 e. The summed E-state index contributed by atoms with van der Waals surface area (Å²) in [5.41, 5.74) is 5.80.